The molecule has 0 bridgehead atoms. The summed E-state index contributed by atoms with van der Waals surface area (Å²) in [5.74, 6) is 1.61. The van der Waals surface area contributed by atoms with Crippen molar-refractivity contribution in [3.63, 3.8) is 0 Å². The summed E-state index contributed by atoms with van der Waals surface area (Å²) in [4.78, 5) is 8.74. The molecule has 7 heteroatoms. The second-order valence-electron chi connectivity index (χ2n) is 8.03. The molecule has 0 saturated heterocycles. The molecule has 0 unspecified atom stereocenters. The van der Waals surface area contributed by atoms with Gasteiger partial charge in [-0.25, -0.2) is 0 Å². The maximum Gasteiger partial charge on any atom is 0.138 e. The number of hydrogen-bond donors (Lipinski definition) is 1. The molecule has 0 radical (unpaired) electrons. The van der Waals surface area contributed by atoms with Gasteiger partial charge in [0, 0.05) is 29.5 Å². The van der Waals surface area contributed by atoms with Crippen LogP contribution < -0.4 is 14.8 Å². The fourth-order valence-corrected chi connectivity index (χ4v) is 3.90. The molecular formula is C27H25ClN4O2. The van der Waals surface area contributed by atoms with Gasteiger partial charge in [0.25, 0.3) is 0 Å². The first-order valence-corrected chi connectivity index (χ1v) is 11.5. The molecule has 4 aromatic rings. The molecule has 34 heavy (non-hydrogen) atoms. The van der Waals surface area contributed by atoms with E-state index in [1.807, 2.05) is 43.3 Å². The van der Waals surface area contributed by atoms with Crippen molar-refractivity contribution < 1.29 is 9.47 Å². The summed E-state index contributed by atoms with van der Waals surface area (Å²) < 4.78 is 11.7. The van der Waals surface area contributed by atoms with Gasteiger partial charge in [-0.05, 0) is 54.8 Å². The van der Waals surface area contributed by atoms with E-state index in [2.05, 4.69) is 35.2 Å². The minimum Gasteiger partial charge on any atom is -0.494 e. The molecule has 2 aromatic carbocycles. The van der Waals surface area contributed by atoms with Gasteiger partial charge in [-0.15, -0.1) is 0 Å². The summed E-state index contributed by atoms with van der Waals surface area (Å²) in [6.45, 7) is 7.07. The van der Waals surface area contributed by atoms with Crippen molar-refractivity contribution in [2.45, 2.75) is 33.3 Å². The first-order valence-electron chi connectivity index (χ1n) is 11.1. The average molecular weight is 473 g/mol. The highest BCUT2D eigenvalue weighted by Gasteiger charge is 2.16. The maximum absolute atomic E-state index is 9.74. The Balaban J connectivity index is 1.67. The largest absolute Gasteiger partial charge is 0.494 e. The number of benzene rings is 2. The number of rotatable bonds is 8. The molecule has 6 nitrogen and oxygen atoms in total. The summed E-state index contributed by atoms with van der Waals surface area (Å²) in [6, 6.07) is 17.3. The van der Waals surface area contributed by atoms with Crippen LogP contribution in [0.2, 0.25) is 5.02 Å². The highest BCUT2D eigenvalue weighted by molar-refractivity contribution is 6.32. The van der Waals surface area contributed by atoms with E-state index < -0.39 is 0 Å². The van der Waals surface area contributed by atoms with Crippen LogP contribution in [0.3, 0.4) is 0 Å². The number of aromatic nitrogens is 2. The van der Waals surface area contributed by atoms with Gasteiger partial charge in [0.1, 0.15) is 24.2 Å². The minimum absolute atomic E-state index is 0.245. The van der Waals surface area contributed by atoms with Crippen LogP contribution >= 0.6 is 11.6 Å². The predicted molar refractivity (Wildman–Crippen MR) is 135 cm³/mol. The summed E-state index contributed by atoms with van der Waals surface area (Å²) >= 11 is 6.50. The van der Waals surface area contributed by atoms with Crippen LogP contribution in [0.4, 0.5) is 11.4 Å². The van der Waals surface area contributed by atoms with E-state index in [9.17, 15) is 5.26 Å². The van der Waals surface area contributed by atoms with E-state index >= 15 is 0 Å². The Morgan fingerprint density at radius 2 is 1.91 bits per heavy atom. The van der Waals surface area contributed by atoms with Crippen LogP contribution in [0.15, 0.2) is 60.9 Å². The Labute approximate surface area is 204 Å². The Kier molecular flexibility index (Phi) is 7.15. The Hall–Kier alpha value is -3.82. The molecule has 0 aliphatic heterocycles. The standard InChI is InChI=1S/C27H25ClN4O2/c1-4-33-26-13-24-22(12-21(26)17(2)3)27(18(14-29)15-31-24)32-19-8-9-25(23(28)11-19)34-16-20-7-5-6-10-30-20/h5-13,15,17H,4,16H2,1-3H3,(H,31,32). The quantitative estimate of drug-likeness (QED) is 0.297. The molecular weight excluding hydrogens is 448 g/mol. The van der Waals surface area contributed by atoms with Gasteiger partial charge in [0.2, 0.25) is 0 Å². The van der Waals surface area contributed by atoms with Gasteiger partial charge in [-0.1, -0.05) is 31.5 Å². The fraction of sp³-hybridized carbons (Fsp3) is 0.222. The number of hydrogen-bond acceptors (Lipinski definition) is 6. The lowest BCUT2D eigenvalue weighted by atomic mass is 9.98. The summed E-state index contributed by atoms with van der Waals surface area (Å²) in [7, 11) is 0. The normalized spacial score (nSPS) is 10.8. The second kappa shape index (κ2) is 10.4. The van der Waals surface area contributed by atoms with E-state index in [1.165, 1.54) is 0 Å². The molecule has 2 aromatic heterocycles. The predicted octanol–water partition coefficient (Wildman–Crippen LogP) is 7.00. The number of nitrogens with one attached hydrogen (secondary N) is 1. The van der Waals surface area contributed by atoms with Gasteiger partial charge in [-0.2, -0.15) is 5.26 Å². The van der Waals surface area contributed by atoms with E-state index in [1.54, 1.807) is 24.5 Å². The van der Waals surface area contributed by atoms with Crippen LogP contribution in [0.1, 0.15) is 43.5 Å². The van der Waals surface area contributed by atoms with Crippen LogP contribution in [-0.2, 0) is 6.61 Å². The van der Waals surface area contributed by atoms with Gasteiger partial charge >= 0.3 is 0 Å². The van der Waals surface area contributed by atoms with Gasteiger partial charge < -0.3 is 14.8 Å². The van der Waals surface area contributed by atoms with E-state index in [0.717, 1.165) is 33.6 Å². The number of nitrogens with zero attached hydrogens (tertiary/aromatic N) is 3. The molecule has 0 saturated carbocycles. The molecule has 0 spiro atoms. The second-order valence-corrected chi connectivity index (χ2v) is 8.44. The third-order valence-electron chi connectivity index (χ3n) is 5.34. The minimum atomic E-state index is 0.245. The van der Waals surface area contributed by atoms with E-state index in [0.29, 0.717) is 35.2 Å². The molecule has 0 amide bonds. The van der Waals surface area contributed by atoms with Crippen molar-refractivity contribution in [3.8, 4) is 17.6 Å². The first-order chi connectivity index (χ1) is 16.5. The maximum atomic E-state index is 9.74. The van der Waals surface area contributed by atoms with Crippen molar-refractivity contribution in [1.82, 2.24) is 9.97 Å². The first kappa shape index (κ1) is 23.3. The number of nitriles is 1. The van der Waals surface area contributed by atoms with Crippen molar-refractivity contribution in [3.05, 3.63) is 82.8 Å². The highest BCUT2D eigenvalue weighted by Crippen LogP contribution is 2.37. The molecule has 0 atom stereocenters. The number of fused-ring (bicyclic) bond motifs is 1. The molecule has 1 N–H and O–H groups in total. The molecule has 4 rings (SSSR count). The molecule has 2 heterocycles. The van der Waals surface area contributed by atoms with Crippen molar-refractivity contribution in [2.75, 3.05) is 11.9 Å². The molecule has 0 fully saturated rings. The van der Waals surface area contributed by atoms with Crippen molar-refractivity contribution in [1.29, 1.82) is 5.26 Å². The Morgan fingerprint density at radius 3 is 2.59 bits per heavy atom. The van der Waals surface area contributed by atoms with Gasteiger partial charge in [-0.3, -0.25) is 9.97 Å². The third-order valence-corrected chi connectivity index (χ3v) is 5.64. The van der Waals surface area contributed by atoms with Crippen LogP contribution in [0.5, 0.6) is 11.5 Å². The SMILES string of the molecule is CCOc1cc2ncc(C#N)c(Nc3ccc(OCc4ccccn4)c(Cl)c3)c2cc1C(C)C. The highest BCUT2D eigenvalue weighted by atomic mass is 35.5. The van der Waals surface area contributed by atoms with Crippen molar-refractivity contribution >= 4 is 33.9 Å². The number of ether oxygens (including phenoxy) is 2. The third kappa shape index (κ3) is 5.05. The molecule has 0 aliphatic rings. The zero-order valence-electron chi connectivity index (χ0n) is 19.3. The smallest absolute Gasteiger partial charge is 0.138 e. The Morgan fingerprint density at radius 1 is 1.06 bits per heavy atom. The lowest BCUT2D eigenvalue weighted by Crippen LogP contribution is -2.02. The van der Waals surface area contributed by atoms with Crippen LogP contribution in [0, 0.1) is 11.3 Å². The van der Waals surface area contributed by atoms with E-state index in [-0.39, 0.29) is 5.92 Å². The topological polar surface area (TPSA) is 80.1 Å². The monoisotopic (exact) mass is 472 g/mol. The van der Waals surface area contributed by atoms with Gasteiger partial charge in [0.05, 0.1) is 34.1 Å². The van der Waals surface area contributed by atoms with Crippen LogP contribution in [0.25, 0.3) is 10.9 Å². The van der Waals surface area contributed by atoms with Crippen molar-refractivity contribution in [2.24, 2.45) is 0 Å². The van der Waals surface area contributed by atoms with Crippen LogP contribution in [-0.4, -0.2) is 16.6 Å². The zero-order chi connectivity index (χ0) is 24.1. The summed E-state index contributed by atoms with van der Waals surface area (Å²) in [6.07, 6.45) is 3.29. The summed E-state index contributed by atoms with van der Waals surface area (Å²) in [5.41, 5.74) is 4.48. The number of pyridine rings is 2. The Bertz CT molecular complexity index is 1350. The average Bonchev–Trinajstić information content (AvgIpc) is 2.84. The lowest BCUT2D eigenvalue weighted by Gasteiger charge is -2.17. The van der Waals surface area contributed by atoms with E-state index in [4.69, 9.17) is 21.1 Å². The fourth-order valence-electron chi connectivity index (χ4n) is 3.66. The molecule has 172 valence electrons. The molecule has 0 aliphatic carbocycles. The van der Waals surface area contributed by atoms with Gasteiger partial charge in [0.15, 0.2) is 0 Å². The summed E-state index contributed by atoms with van der Waals surface area (Å²) in [5, 5.41) is 14.4. The number of anilines is 2. The lowest BCUT2D eigenvalue weighted by molar-refractivity contribution is 0.301. The zero-order valence-corrected chi connectivity index (χ0v) is 20.1. The number of halogens is 1.